The van der Waals surface area contributed by atoms with E-state index in [1.165, 1.54) is 0 Å². The smallest absolute Gasteiger partial charge is 0.104 e. The molecule has 0 rings (SSSR count). The van der Waals surface area contributed by atoms with E-state index in [0.717, 1.165) is 0 Å². The van der Waals surface area contributed by atoms with Gasteiger partial charge in [-0.25, -0.2) is 0 Å². The molecule has 0 radical (unpaired) electrons. The highest BCUT2D eigenvalue weighted by Crippen LogP contribution is 2.34. The van der Waals surface area contributed by atoms with Crippen LogP contribution in [0.25, 0.3) is 0 Å². The monoisotopic (exact) mass is 140 g/mol. The molecule has 44 valence electrons. The summed E-state index contributed by atoms with van der Waals surface area (Å²) in [5.41, 5.74) is 0. The third-order valence-electron chi connectivity index (χ3n) is 0.619. The van der Waals surface area contributed by atoms with Crippen molar-refractivity contribution in [2.45, 2.75) is 12.3 Å². The molecular weight excluding hydrogens is 130 g/mol. The molecule has 4 heteroatoms. The van der Waals surface area contributed by atoms with Crippen LogP contribution in [0.2, 0.25) is 0 Å². The van der Waals surface area contributed by atoms with Crippen LogP contribution >= 0.6 is 17.2 Å². The van der Waals surface area contributed by atoms with Gasteiger partial charge in [0.05, 0.1) is 6.61 Å². The lowest BCUT2D eigenvalue weighted by atomic mass is 10.4. The van der Waals surface area contributed by atoms with Gasteiger partial charge in [0, 0.05) is 0 Å². The van der Waals surface area contributed by atoms with E-state index in [4.69, 9.17) is 10.2 Å². The zero-order valence-electron chi connectivity index (χ0n) is 4.18. The number of aliphatic hydroxyl groups excluding tert-OH is 1. The van der Waals surface area contributed by atoms with Crippen molar-refractivity contribution in [2.24, 2.45) is 0 Å². The minimum absolute atomic E-state index is 0.158. The maximum absolute atomic E-state index is 8.87. The van der Waals surface area contributed by atoms with Crippen molar-refractivity contribution in [2.75, 3.05) is 6.61 Å². The zero-order chi connectivity index (χ0) is 5.91. The SMILES string of the molecule is CC(O)(CO)PP. The Labute approximate surface area is 47.2 Å². The molecule has 0 heterocycles. The molecule has 0 aromatic heterocycles. The molecule has 3 unspecified atom stereocenters. The second-order valence-corrected chi connectivity index (χ2v) is 3.81. The van der Waals surface area contributed by atoms with E-state index in [1.54, 1.807) is 6.92 Å². The van der Waals surface area contributed by atoms with Gasteiger partial charge in [0.2, 0.25) is 0 Å². The lowest BCUT2D eigenvalue weighted by Gasteiger charge is -2.15. The van der Waals surface area contributed by atoms with Crippen LogP contribution in [-0.2, 0) is 0 Å². The molecule has 0 spiro atoms. The van der Waals surface area contributed by atoms with E-state index in [1.807, 2.05) is 0 Å². The fraction of sp³-hybridized carbons (Fsp3) is 1.00. The van der Waals surface area contributed by atoms with Gasteiger partial charge >= 0.3 is 0 Å². The summed E-state index contributed by atoms with van der Waals surface area (Å²) >= 11 is 0. The molecule has 0 fully saturated rings. The lowest BCUT2D eigenvalue weighted by Crippen LogP contribution is -2.20. The first-order valence-corrected chi connectivity index (χ1v) is 4.74. The van der Waals surface area contributed by atoms with Crippen LogP contribution < -0.4 is 0 Å². The van der Waals surface area contributed by atoms with Gasteiger partial charge in [0.1, 0.15) is 5.34 Å². The number of hydrogen-bond donors (Lipinski definition) is 2. The number of hydrogen-bond acceptors (Lipinski definition) is 2. The maximum atomic E-state index is 8.87. The molecule has 2 nitrogen and oxygen atoms in total. The Kier molecular flexibility index (Phi) is 3.27. The third-order valence-corrected chi connectivity index (χ3v) is 3.26. The molecule has 0 aliphatic carbocycles. The molecule has 3 atom stereocenters. The second-order valence-electron chi connectivity index (χ2n) is 1.58. The third kappa shape index (κ3) is 3.37. The Morgan fingerprint density at radius 3 is 2.29 bits per heavy atom. The van der Waals surface area contributed by atoms with Gasteiger partial charge < -0.3 is 10.2 Å². The van der Waals surface area contributed by atoms with Crippen molar-refractivity contribution in [3.05, 3.63) is 0 Å². The van der Waals surface area contributed by atoms with Gasteiger partial charge in [0.15, 0.2) is 0 Å². The maximum Gasteiger partial charge on any atom is 0.104 e. The van der Waals surface area contributed by atoms with Crippen molar-refractivity contribution in [1.82, 2.24) is 0 Å². The van der Waals surface area contributed by atoms with Gasteiger partial charge in [-0.1, -0.05) is 8.27 Å². The summed E-state index contributed by atoms with van der Waals surface area (Å²) in [7, 11) is 2.69. The van der Waals surface area contributed by atoms with Crippen molar-refractivity contribution < 1.29 is 10.2 Å². The Morgan fingerprint density at radius 1 is 1.86 bits per heavy atom. The van der Waals surface area contributed by atoms with E-state index in [2.05, 4.69) is 8.93 Å². The van der Waals surface area contributed by atoms with Gasteiger partial charge in [-0.3, -0.25) is 0 Å². The van der Waals surface area contributed by atoms with Crippen molar-refractivity contribution >= 4 is 17.2 Å². The average Bonchev–Trinajstić information content (AvgIpc) is 1.68. The molecule has 0 bridgehead atoms. The van der Waals surface area contributed by atoms with E-state index in [9.17, 15) is 0 Å². The first-order valence-electron chi connectivity index (χ1n) is 1.93. The molecule has 0 amide bonds. The van der Waals surface area contributed by atoms with Crippen LogP contribution in [-0.4, -0.2) is 22.2 Å². The Bertz CT molecular complexity index is 48.9. The number of aliphatic hydroxyl groups is 2. The lowest BCUT2D eigenvalue weighted by molar-refractivity contribution is 0.0788. The van der Waals surface area contributed by atoms with Crippen molar-refractivity contribution in [1.29, 1.82) is 0 Å². The summed E-state index contributed by atoms with van der Waals surface area (Å²) in [5.74, 6) is 0. The van der Waals surface area contributed by atoms with E-state index in [0.29, 0.717) is 8.27 Å². The highest BCUT2D eigenvalue weighted by atomic mass is 32.0. The molecule has 0 aromatic carbocycles. The predicted octanol–water partition coefficient (Wildman–Crippen LogP) is 0.156. The van der Waals surface area contributed by atoms with E-state index in [-0.39, 0.29) is 6.61 Å². The van der Waals surface area contributed by atoms with Crippen molar-refractivity contribution in [3.63, 3.8) is 0 Å². The summed E-state index contributed by atoms with van der Waals surface area (Å²) in [6.07, 6.45) is 0. The van der Waals surface area contributed by atoms with Crippen LogP contribution in [0.4, 0.5) is 0 Å². The predicted molar refractivity (Wildman–Crippen MR) is 35.7 cm³/mol. The minimum atomic E-state index is -0.870. The molecule has 7 heavy (non-hydrogen) atoms. The Morgan fingerprint density at radius 2 is 2.29 bits per heavy atom. The van der Waals surface area contributed by atoms with Crippen LogP contribution in [0.15, 0.2) is 0 Å². The summed E-state index contributed by atoms with van der Waals surface area (Å²) in [5, 5.41) is 16.3. The molecular formula is C3H10O2P2. The highest BCUT2D eigenvalue weighted by Gasteiger charge is 2.14. The van der Waals surface area contributed by atoms with Gasteiger partial charge in [0.25, 0.3) is 0 Å². The second kappa shape index (κ2) is 2.94. The van der Waals surface area contributed by atoms with Gasteiger partial charge in [-0.15, -0.1) is 8.93 Å². The topological polar surface area (TPSA) is 40.5 Å². The van der Waals surface area contributed by atoms with Crippen LogP contribution in [0.1, 0.15) is 6.92 Å². The molecule has 0 aliphatic rings. The fourth-order valence-electron chi connectivity index (χ4n) is 0.0456. The quantitative estimate of drug-likeness (QED) is 0.536. The van der Waals surface area contributed by atoms with E-state index < -0.39 is 5.34 Å². The molecule has 2 N–H and O–H groups in total. The Balaban J connectivity index is 3.36. The standard InChI is InChI=1S/C3H10O2P2/c1-3(5,2-4)7-6/h4-5,7H,2,6H2,1H3. The summed E-state index contributed by atoms with van der Waals surface area (Å²) in [4.78, 5) is 0. The van der Waals surface area contributed by atoms with Crippen molar-refractivity contribution in [3.8, 4) is 0 Å². The largest absolute Gasteiger partial charge is 0.393 e. The minimum Gasteiger partial charge on any atom is -0.393 e. The van der Waals surface area contributed by atoms with Gasteiger partial charge in [-0.05, 0) is 6.92 Å². The average molecular weight is 140 g/mol. The first-order chi connectivity index (χ1) is 3.12. The first kappa shape index (κ1) is 7.78. The summed E-state index contributed by atoms with van der Waals surface area (Å²) < 4.78 is 0. The van der Waals surface area contributed by atoms with Crippen LogP contribution in [0, 0.1) is 0 Å². The molecule has 0 saturated carbocycles. The number of rotatable bonds is 2. The highest BCUT2D eigenvalue weighted by molar-refractivity contribution is 8.03. The van der Waals surface area contributed by atoms with Gasteiger partial charge in [-0.2, -0.15) is 0 Å². The molecule has 0 aliphatic heterocycles. The van der Waals surface area contributed by atoms with E-state index >= 15 is 0 Å². The Hall–Kier alpha value is 0.780. The zero-order valence-corrected chi connectivity index (χ0v) is 6.33. The van der Waals surface area contributed by atoms with Crippen LogP contribution in [0.5, 0.6) is 0 Å². The summed E-state index contributed by atoms with van der Waals surface area (Å²) in [6, 6.07) is 0. The van der Waals surface area contributed by atoms with Crippen LogP contribution in [0.3, 0.4) is 0 Å². The summed E-state index contributed by atoms with van der Waals surface area (Å²) in [6.45, 7) is 1.44. The fourth-order valence-corrected chi connectivity index (χ4v) is 0.411. The molecule has 0 aromatic rings. The molecule has 0 saturated heterocycles. The normalized spacial score (nSPS) is 20.6.